The summed E-state index contributed by atoms with van der Waals surface area (Å²) in [5.74, 6) is -2.19. The third kappa shape index (κ3) is 8.93. The van der Waals surface area contributed by atoms with Gasteiger partial charge in [-0.25, -0.2) is 12.8 Å². The summed E-state index contributed by atoms with van der Waals surface area (Å²) >= 11 is 5.84. The minimum absolute atomic E-state index is 0.0199. The predicted molar refractivity (Wildman–Crippen MR) is 176 cm³/mol. The molecule has 0 aliphatic carbocycles. The number of amides is 2. The minimum atomic E-state index is -4.94. The zero-order valence-corrected chi connectivity index (χ0v) is 27.7. The molecule has 0 heterocycles. The maximum Gasteiger partial charge on any atom is 0.417 e. The second kappa shape index (κ2) is 15.7. The molecule has 0 bridgehead atoms. The summed E-state index contributed by atoms with van der Waals surface area (Å²) in [7, 11) is -4.67. The average Bonchev–Trinajstić information content (AvgIpc) is 3.06. The van der Waals surface area contributed by atoms with Crippen molar-refractivity contribution >= 4 is 39.1 Å². The van der Waals surface area contributed by atoms with Gasteiger partial charge in [-0.15, -0.1) is 0 Å². The van der Waals surface area contributed by atoms with E-state index >= 15 is 4.39 Å². The van der Waals surface area contributed by atoms with Gasteiger partial charge < -0.3 is 10.2 Å². The molecular weight excluding hydrogens is 670 g/mol. The summed E-state index contributed by atoms with van der Waals surface area (Å²) in [5.41, 5.74) is -1.09. The number of carbonyl (C=O) groups is 2. The van der Waals surface area contributed by atoms with Crippen LogP contribution in [0.4, 0.5) is 23.2 Å². The highest BCUT2D eigenvalue weighted by molar-refractivity contribution is 7.92. The molecule has 0 unspecified atom stereocenters. The zero-order valence-electron chi connectivity index (χ0n) is 26.1. The monoisotopic (exact) mass is 703 g/mol. The van der Waals surface area contributed by atoms with Gasteiger partial charge in [0, 0.05) is 24.6 Å². The van der Waals surface area contributed by atoms with Crippen LogP contribution in [0.2, 0.25) is 5.02 Å². The second-order valence-corrected chi connectivity index (χ2v) is 13.4. The Labute approximate surface area is 282 Å². The van der Waals surface area contributed by atoms with E-state index in [-0.39, 0.29) is 22.9 Å². The van der Waals surface area contributed by atoms with E-state index in [0.29, 0.717) is 22.4 Å². The molecule has 13 heteroatoms. The number of rotatable bonds is 13. The summed E-state index contributed by atoms with van der Waals surface area (Å²) in [6, 6.07) is 22.2. The van der Waals surface area contributed by atoms with Crippen LogP contribution in [0.3, 0.4) is 0 Å². The van der Waals surface area contributed by atoms with Crippen LogP contribution in [0, 0.1) is 5.82 Å². The molecule has 0 radical (unpaired) electrons. The maximum atomic E-state index is 15.0. The first-order chi connectivity index (χ1) is 22.7. The van der Waals surface area contributed by atoms with Crippen molar-refractivity contribution < 1.29 is 35.6 Å². The Balaban J connectivity index is 1.87. The van der Waals surface area contributed by atoms with E-state index in [1.54, 1.807) is 49.4 Å². The number of hydrogen-bond acceptors (Lipinski definition) is 4. The van der Waals surface area contributed by atoms with Crippen molar-refractivity contribution in [2.45, 2.75) is 56.4 Å². The Kier molecular flexibility index (Phi) is 11.9. The Morgan fingerprint density at radius 3 is 2.10 bits per heavy atom. The molecule has 0 aliphatic heterocycles. The van der Waals surface area contributed by atoms with Crippen molar-refractivity contribution in [2.75, 3.05) is 10.8 Å². The molecule has 0 fully saturated rings. The van der Waals surface area contributed by atoms with E-state index < -0.39 is 69.2 Å². The SMILES string of the molecule is CC[C@H](C)NC(=O)[C@@H](Cc1ccccc1)N(Cc1ccccc1F)C(=O)CN(c1ccc(Cl)c(C(F)(F)F)c1)S(=O)(=O)c1ccccc1. The molecule has 0 aliphatic rings. The largest absolute Gasteiger partial charge is 0.417 e. The number of carbonyl (C=O) groups excluding carboxylic acids is 2. The first kappa shape index (κ1) is 36.4. The molecule has 0 aromatic heterocycles. The van der Waals surface area contributed by atoms with Crippen molar-refractivity contribution in [2.24, 2.45) is 0 Å². The highest BCUT2D eigenvalue weighted by atomic mass is 35.5. The molecule has 1 N–H and O–H groups in total. The van der Waals surface area contributed by atoms with Crippen molar-refractivity contribution in [3.8, 4) is 0 Å². The Hall–Kier alpha value is -4.42. The number of anilines is 1. The summed E-state index contributed by atoms with van der Waals surface area (Å²) in [4.78, 5) is 29.0. The van der Waals surface area contributed by atoms with Crippen LogP contribution in [0.15, 0.2) is 108 Å². The molecule has 2 amide bonds. The van der Waals surface area contributed by atoms with Crippen LogP contribution in [0.25, 0.3) is 0 Å². The van der Waals surface area contributed by atoms with E-state index in [1.807, 2.05) is 6.92 Å². The van der Waals surface area contributed by atoms with Gasteiger partial charge in [-0.1, -0.05) is 85.3 Å². The molecule has 0 saturated heterocycles. The normalized spacial score (nSPS) is 13.0. The lowest BCUT2D eigenvalue weighted by Gasteiger charge is -2.34. The van der Waals surface area contributed by atoms with E-state index in [1.165, 1.54) is 42.5 Å². The summed E-state index contributed by atoms with van der Waals surface area (Å²) in [6.45, 7) is 2.16. The fourth-order valence-corrected chi connectivity index (χ4v) is 6.59. The molecule has 0 saturated carbocycles. The molecule has 7 nitrogen and oxygen atoms in total. The zero-order chi connectivity index (χ0) is 35.1. The lowest BCUT2D eigenvalue weighted by Crippen LogP contribution is -2.54. The molecule has 48 heavy (non-hydrogen) atoms. The molecule has 4 aromatic carbocycles. The standard InChI is InChI=1S/C35H34ClF4N3O4S/c1-3-24(2)41-34(45)32(20-25-12-6-4-7-13-25)42(22-26-14-10-11-17-31(26)37)33(44)23-43(48(46,47)28-15-8-5-9-16-28)27-18-19-30(36)29(21-27)35(38,39)40/h4-19,21,24,32H,3,20,22-23H2,1-2H3,(H,41,45)/t24-,32+/m0/s1. The van der Waals surface area contributed by atoms with Crippen LogP contribution in [-0.2, 0) is 38.8 Å². The highest BCUT2D eigenvalue weighted by Gasteiger charge is 2.38. The highest BCUT2D eigenvalue weighted by Crippen LogP contribution is 2.38. The van der Waals surface area contributed by atoms with Gasteiger partial charge in [-0.2, -0.15) is 13.2 Å². The lowest BCUT2D eigenvalue weighted by molar-refractivity contribution is -0.140. The topological polar surface area (TPSA) is 86.8 Å². The van der Waals surface area contributed by atoms with Crippen molar-refractivity contribution in [1.82, 2.24) is 10.2 Å². The van der Waals surface area contributed by atoms with Gasteiger partial charge in [-0.3, -0.25) is 13.9 Å². The third-order valence-corrected chi connectivity index (χ3v) is 9.84. The number of alkyl halides is 3. The number of halogens is 5. The molecule has 2 atom stereocenters. The number of sulfonamides is 1. The van der Waals surface area contributed by atoms with Gasteiger partial charge in [0.2, 0.25) is 11.8 Å². The maximum absolute atomic E-state index is 15.0. The first-order valence-corrected chi connectivity index (χ1v) is 16.9. The van der Waals surface area contributed by atoms with Crippen LogP contribution in [0.5, 0.6) is 0 Å². The smallest absolute Gasteiger partial charge is 0.352 e. The summed E-state index contributed by atoms with van der Waals surface area (Å²) in [6.07, 6.45) is -4.40. The Bertz CT molecular complexity index is 1830. The molecule has 4 aromatic rings. The minimum Gasteiger partial charge on any atom is -0.352 e. The fraction of sp³-hybridized carbons (Fsp3) is 0.257. The fourth-order valence-electron chi connectivity index (χ4n) is 4.94. The van der Waals surface area contributed by atoms with Crippen LogP contribution in [0.1, 0.15) is 37.0 Å². The number of nitrogens with zero attached hydrogens (tertiary/aromatic N) is 2. The second-order valence-electron chi connectivity index (χ2n) is 11.1. The van der Waals surface area contributed by atoms with E-state index in [2.05, 4.69) is 5.32 Å². The van der Waals surface area contributed by atoms with E-state index in [4.69, 9.17) is 11.6 Å². The first-order valence-electron chi connectivity index (χ1n) is 15.0. The molecule has 4 rings (SSSR count). The Morgan fingerprint density at radius 1 is 0.896 bits per heavy atom. The molecule has 254 valence electrons. The third-order valence-electron chi connectivity index (χ3n) is 7.72. The predicted octanol–water partition coefficient (Wildman–Crippen LogP) is 7.25. The number of hydrogen-bond donors (Lipinski definition) is 1. The van der Waals surface area contributed by atoms with Crippen LogP contribution >= 0.6 is 11.6 Å². The summed E-state index contributed by atoms with van der Waals surface area (Å²) in [5, 5.41) is 2.19. The quantitative estimate of drug-likeness (QED) is 0.149. The molecule has 0 spiro atoms. The van der Waals surface area contributed by atoms with E-state index in [9.17, 15) is 31.2 Å². The van der Waals surface area contributed by atoms with Gasteiger partial charge in [0.15, 0.2) is 0 Å². The van der Waals surface area contributed by atoms with Gasteiger partial charge in [0.05, 0.1) is 21.2 Å². The lowest BCUT2D eigenvalue weighted by atomic mass is 10.0. The average molecular weight is 704 g/mol. The van der Waals surface area contributed by atoms with Gasteiger partial charge in [-0.05, 0) is 55.3 Å². The van der Waals surface area contributed by atoms with Crippen molar-refractivity contribution in [1.29, 1.82) is 0 Å². The van der Waals surface area contributed by atoms with Crippen molar-refractivity contribution in [3.05, 3.63) is 131 Å². The van der Waals surface area contributed by atoms with Gasteiger partial charge in [0.1, 0.15) is 18.4 Å². The summed E-state index contributed by atoms with van der Waals surface area (Å²) < 4.78 is 85.4. The number of benzene rings is 4. The van der Waals surface area contributed by atoms with E-state index in [0.717, 1.165) is 17.0 Å². The number of nitrogens with one attached hydrogen (secondary N) is 1. The van der Waals surface area contributed by atoms with Crippen LogP contribution < -0.4 is 9.62 Å². The Morgan fingerprint density at radius 2 is 1.50 bits per heavy atom. The van der Waals surface area contributed by atoms with Crippen LogP contribution in [-0.4, -0.2) is 43.8 Å². The molecular formula is C35H34ClF4N3O4S. The van der Waals surface area contributed by atoms with Gasteiger partial charge >= 0.3 is 6.18 Å². The van der Waals surface area contributed by atoms with Crippen molar-refractivity contribution in [3.63, 3.8) is 0 Å². The van der Waals surface area contributed by atoms with Gasteiger partial charge in [0.25, 0.3) is 10.0 Å².